The van der Waals surface area contributed by atoms with Crippen molar-refractivity contribution in [3.8, 4) is 11.1 Å². The lowest BCUT2D eigenvalue weighted by Gasteiger charge is -2.27. The number of alkyl halides is 3. The first-order chi connectivity index (χ1) is 24.7. The normalized spacial score (nSPS) is 11.3. The number of hydrogen-bond acceptors (Lipinski definition) is 9. The second-order valence-electron chi connectivity index (χ2n) is 11.7. The Hall–Kier alpha value is -5.98. The molecule has 3 aromatic carbocycles. The van der Waals surface area contributed by atoms with Gasteiger partial charge in [-0.15, -0.1) is 0 Å². The third-order valence-electron chi connectivity index (χ3n) is 8.04. The van der Waals surface area contributed by atoms with Gasteiger partial charge in [-0.25, -0.2) is 0 Å². The summed E-state index contributed by atoms with van der Waals surface area (Å²) in [6.45, 7) is 6.84. The molecule has 0 bridgehead atoms. The van der Waals surface area contributed by atoms with Gasteiger partial charge in [-0.2, -0.15) is 13.2 Å². The van der Waals surface area contributed by atoms with Crippen molar-refractivity contribution >= 4 is 35.2 Å². The Bertz CT molecular complexity index is 1910. The fourth-order valence-corrected chi connectivity index (χ4v) is 5.31. The van der Waals surface area contributed by atoms with E-state index in [0.29, 0.717) is 33.6 Å². The van der Waals surface area contributed by atoms with Crippen LogP contribution in [0.25, 0.3) is 16.8 Å². The number of nitrogens with one attached hydrogen (secondary N) is 1. The van der Waals surface area contributed by atoms with E-state index in [9.17, 15) is 32.3 Å². The molecule has 0 saturated carbocycles. The number of amides is 1. The van der Waals surface area contributed by atoms with Crippen molar-refractivity contribution in [3.63, 3.8) is 0 Å². The van der Waals surface area contributed by atoms with Crippen LogP contribution >= 0.6 is 0 Å². The summed E-state index contributed by atoms with van der Waals surface area (Å²) in [6.07, 6.45) is -3.87. The number of halogens is 3. The third kappa shape index (κ3) is 8.84. The molecule has 0 unspecified atom stereocenters. The Kier molecular flexibility index (Phi) is 12.6. The van der Waals surface area contributed by atoms with Crippen molar-refractivity contribution in [2.24, 2.45) is 0 Å². The van der Waals surface area contributed by atoms with Gasteiger partial charge >= 0.3 is 24.1 Å². The number of benzene rings is 3. The number of carbonyl (C=O) groups is 4. The number of ether oxygens (including phenoxy) is 3. The summed E-state index contributed by atoms with van der Waals surface area (Å²) in [7, 11) is 3.50. The topological polar surface area (TPSA) is 124 Å². The molecule has 4 rings (SSSR count). The number of nitrogens with zero attached hydrogens (tertiary/aromatic N) is 2. The Morgan fingerprint density at radius 3 is 2.02 bits per heavy atom. The first-order valence-corrected chi connectivity index (χ1v) is 16.2. The van der Waals surface area contributed by atoms with Gasteiger partial charge in [-0.1, -0.05) is 49.0 Å². The van der Waals surface area contributed by atoms with Crippen molar-refractivity contribution in [2.75, 3.05) is 32.6 Å². The zero-order chi connectivity index (χ0) is 38.1. The predicted molar refractivity (Wildman–Crippen MR) is 188 cm³/mol. The van der Waals surface area contributed by atoms with Crippen molar-refractivity contribution in [1.82, 2.24) is 9.88 Å². The average molecular weight is 718 g/mol. The average Bonchev–Trinajstić information content (AvgIpc) is 3.13. The highest BCUT2D eigenvalue weighted by Gasteiger charge is 2.54. The predicted octanol–water partition coefficient (Wildman–Crippen LogP) is 7.05. The summed E-state index contributed by atoms with van der Waals surface area (Å²) in [4.78, 5) is 59.5. The molecule has 1 heterocycles. The Morgan fingerprint density at radius 2 is 1.44 bits per heavy atom. The number of carbonyl (C=O) groups excluding carboxylic acids is 4. The van der Waals surface area contributed by atoms with E-state index in [0.717, 1.165) is 12.1 Å². The van der Waals surface area contributed by atoms with Crippen LogP contribution in [0.4, 0.5) is 18.9 Å². The lowest BCUT2D eigenvalue weighted by Crippen LogP contribution is -2.48. The van der Waals surface area contributed by atoms with Crippen molar-refractivity contribution < 1.29 is 46.6 Å². The van der Waals surface area contributed by atoms with Crippen LogP contribution in [-0.2, 0) is 46.8 Å². The molecule has 1 amide bonds. The molecule has 13 heteroatoms. The van der Waals surface area contributed by atoms with Crippen LogP contribution in [0.5, 0.6) is 0 Å². The van der Waals surface area contributed by atoms with Crippen LogP contribution < -0.4 is 5.32 Å². The molecule has 0 fully saturated rings. The van der Waals surface area contributed by atoms with Gasteiger partial charge in [0.15, 0.2) is 0 Å². The molecule has 1 N–H and O–H groups in total. The number of esters is 3. The maximum Gasteiger partial charge on any atom is 0.416 e. The van der Waals surface area contributed by atoms with Gasteiger partial charge in [0.1, 0.15) is 6.61 Å². The van der Waals surface area contributed by atoms with E-state index in [4.69, 9.17) is 14.2 Å². The third-order valence-corrected chi connectivity index (χ3v) is 8.04. The molecule has 0 spiro atoms. The van der Waals surface area contributed by atoms with E-state index in [-0.39, 0.29) is 31.1 Å². The molecule has 4 aromatic rings. The molecule has 0 radical (unpaired) electrons. The monoisotopic (exact) mass is 717 g/mol. The first kappa shape index (κ1) is 38.8. The molecule has 0 aliphatic carbocycles. The quantitative estimate of drug-likeness (QED) is 0.0831. The van der Waals surface area contributed by atoms with Crippen LogP contribution in [0, 0.1) is 0 Å². The van der Waals surface area contributed by atoms with Crippen LogP contribution in [0.15, 0.2) is 97.7 Å². The van der Waals surface area contributed by atoms with Gasteiger partial charge in [-0.05, 0) is 73.0 Å². The number of pyridine rings is 1. The largest absolute Gasteiger partial charge is 0.465 e. The summed E-state index contributed by atoms with van der Waals surface area (Å²) in [5.74, 6) is -3.44. The van der Waals surface area contributed by atoms with Gasteiger partial charge in [0.2, 0.25) is 5.41 Å². The minimum Gasteiger partial charge on any atom is -0.465 e. The summed E-state index contributed by atoms with van der Waals surface area (Å²) < 4.78 is 55.4. The minimum absolute atomic E-state index is 0.0339. The van der Waals surface area contributed by atoms with Crippen LogP contribution in [0.2, 0.25) is 0 Å². The van der Waals surface area contributed by atoms with E-state index >= 15 is 0 Å². The molecular formula is C39H38F3N3O7. The van der Waals surface area contributed by atoms with Gasteiger partial charge < -0.3 is 24.4 Å². The molecule has 0 aliphatic heterocycles. The van der Waals surface area contributed by atoms with Gasteiger partial charge in [-0.3, -0.25) is 24.2 Å². The zero-order valence-electron chi connectivity index (χ0n) is 29.1. The fraction of sp³-hybridized carbons (Fsp3) is 0.256. The second-order valence-corrected chi connectivity index (χ2v) is 11.7. The lowest BCUT2D eigenvalue weighted by atomic mass is 9.80. The first-order valence-electron chi connectivity index (χ1n) is 16.2. The molecule has 1 aromatic heterocycles. The number of hydrogen-bond donors (Lipinski definition) is 1. The molecule has 0 aliphatic rings. The maximum absolute atomic E-state index is 13.6. The van der Waals surface area contributed by atoms with Crippen LogP contribution in [0.1, 0.15) is 53.0 Å². The van der Waals surface area contributed by atoms with Crippen molar-refractivity contribution in [2.45, 2.75) is 38.5 Å². The highest BCUT2D eigenvalue weighted by Crippen LogP contribution is 2.34. The van der Waals surface area contributed by atoms with E-state index < -0.39 is 47.4 Å². The summed E-state index contributed by atoms with van der Waals surface area (Å²) >= 11 is 0. The zero-order valence-corrected chi connectivity index (χ0v) is 29.1. The van der Waals surface area contributed by atoms with Crippen molar-refractivity contribution in [1.29, 1.82) is 0 Å². The Balaban J connectivity index is 1.59. The summed E-state index contributed by atoms with van der Waals surface area (Å²) in [6, 6.07) is 20.5. The second kappa shape index (κ2) is 16.8. The molecule has 52 heavy (non-hydrogen) atoms. The molecule has 0 atom stereocenters. The molecule has 272 valence electrons. The van der Waals surface area contributed by atoms with E-state index in [2.05, 4.69) is 16.9 Å². The van der Waals surface area contributed by atoms with E-state index in [1.165, 1.54) is 24.4 Å². The number of anilines is 1. The molecular weight excluding hydrogens is 679 g/mol. The Labute approximate surface area is 299 Å². The standard InChI is InChI=1S/C39H38F3N3O7/c1-6-50-36(48)38(37(49)51-7-2,33-14-10-11-21-43-33)23-34(46)52-24-26-15-20-32(31(22-26)25(3)45(4)5)44-35(47)30-13-9-8-12-29(30)27-16-18-28(19-17-27)39(40,41)42/h8-22H,3,6-7,23-24H2,1-2,4-5H3,(H,44,47). The molecule has 10 nitrogen and oxygen atoms in total. The SMILES string of the molecule is C=C(c1cc(COC(=O)CC(C(=O)OCC)(C(=O)OCC)c2ccccn2)ccc1NC(=O)c1ccccc1-c1ccc(C(F)(F)F)cc1)N(C)C. The lowest BCUT2D eigenvalue weighted by molar-refractivity contribution is -0.170. The van der Waals surface area contributed by atoms with Crippen LogP contribution in [-0.4, -0.2) is 61.0 Å². The van der Waals surface area contributed by atoms with Gasteiger partial charge in [0, 0.05) is 37.1 Å². The smallest absolute Gasteiger partial charge is 0.416 e. The minimum atomic E-state index is -4.50. The summed E-state index contributed by atoms with van der Waals surface area (Å²) in [5, 5.41) is 2.87. The highest BCUT2D eigenvalue weighted by atomic mass is 19.4. The molecule has 0 saturated heterocycles. The fourth-order valence-electron chi connectivity index (χ4n) is 5.31. The van der Waals surface area contributed by atoms with E-state index in [1.807, 2.05) is 0 Å². The van der Waals surface area contributed by atoms with E-state index in [1.54, 1.807) is 87.4 Å². The summed E-state index contributed by atoms with van der Waals surface area (Å²) in [5.41, 5.74) is -0.136. The number of rotatable bonds is 14. The maximum atomic E-state index is 13.6. The Morgan fingerprint density at radius 1 is 0.808 bits per heavy atom. The van der Waals surface area contributed by atoms with Gasteiger partial charge in [0.25, 0.3) is 5.91 Å². The van der Waals surface area contributed by atoms with Crippen LogP contribution in [0.3, 0.4) is 0 Å². The highest BCUT2D eigenvalue weighted by molar-refractivity contribution is 6.10. The van der Waals surface area contributed by atoms with Crippen molar-refractivity contribution in [3.05, 3.63) is 126 Å². The van der Waals surface area contributed by atoms with Gasteiger partial charge in [0.05, 0.1) is 36.6 Å². The number of aromatic nitrogens is 1.